The van der Waals surface area contributed by atoms with Gasteiger partial charge in [0.1, 0.15) is 5.75 Å². The third-order valence-corrected chi connectivity index (χ3v) is 6.35. The Hall–Kier alpha value is -2.58. The molecule has 0 aromatic heterocycles. The van der Waals surface area contributed by atoms with Crippen LogP contribution >= 0.6 is 0 Å². The van der Waals surface area contributed by atoms with E-state index < -0.39 is 15.7 Å². The second kappa shape index (κ2) is 10.2. The molecule has 2 aromatic carbocycles. The topological polar surface area (TPSA) is 93.7 Å². The summed E-state index contributed by atoms with van der Waals surface area (Å²) in [4.78, 5) is 12.9. The Morgan fingerprint density at radius 3 is 2.35 bits per heavy atom. The number of carbonyl (C=O) groups is 1. The van der Waals surface area contributed by atoms with Gasteiger partial charge in [0.05, 0.1) is 25.3 Å². The van der Waals surface area contributed by atoms with Crippen LogP contribution in [0.15, 0.2) is 36.4 Å². The van der Waals surface area contributed by atoms with Crippen molar-refractivity contribution >= 4 is 21.9 Å². The van der Waals surface area contributed by atoms with Crippen molar-refractivity contribution in [2.75, 3.05) is 25.5 Å². The number of aryl methyl sites for hydroxylation is 3. The number of amides is 1. The van der Waals surface area contributed by atoms with Gasteiger partial charge in [0.2, 0.25) is 5.91 Å². The number of methoxy groups -OCH3 is 1. The van der Waals surface area contributed by atoms with E-state index in [1.54, 1.807) is 18.2 Å². The fourth-order valence-corrected chi connectivity index (χ4v) is 3.67. The molecule has 0 aliphatic rings. The summed E-state index contributed by atoms with van der Waals surface area (Å²) in [5.41, 5.74) is 3.92. The first-order valence-electron chi connectivity index (χ1n) is 10.1. The van der Waals surface area contributed by atoms with Gasteiger partial charge in [-0.25, -0.2) is 0 Å². The third-order valence-electron chi connectivity index (χ3n) is 5.44. The van der Waals surface area contributed by atoms with Crippen molar-refractivity contribution < 1.29 is 22.1 Å². The molecule has 31 heavy (non-hydrogen) atoms. The summed E-state index contributed by atoms with van der Waals surface area (Å²) in [5, 5.41) is 3.01. The molecule has 0 fully saturated rings. The number of hydrogen-bond acceptors (Lipinski definition) is 5. The normalized spacial score (nSPS) is 11.8. The summed E-state index contributed by atoms with van der Waals surface area (Å²) >= 11 is 0. The van der Waals surface area contributed by atoms with Crippen LogP contribution in [0.25, 0.3) is 0 Å². The number of rotatable bonds is 10. The molecule has 8 heteroatoms. The molecule has 0 bridgehead atoms. The molecule has 0 atom stereocenters. The molecule has 0 saturated carbocycles. The summed E-state index contributed by atoms with van der Waals surface area (Å²) in [6, 6.07) is 11.3. The average molecular weight is 449 g/mol. The molecular formula is C23H32N2O5S. The third kappa shape index (κ3) is 6.45. The SMILES string of the molecule is COc1cc(C(C)(C)C(=O)NCCCc2ccc(C)c(C)c2)ccc1NS(=O)(=O)OC. The summed E-state index contributed by atoms with van der Waals surface area (Å²) < 4.78 is 35.3. The summed E-state index contributed by atoms with van der Waals surface area (Å²) in [6.07, 6.45) is 1.73. The van der Waals surface area contributed by atoms with Gasteiger partial charge in [0, 0.05) is 6.54 Å². The summed E-state index contributed by atoms with van der Waals surface area (Å²) in [5.74, 6) is 0.189. The van der Waals surface area contributed by atoms with Gasteiger partial charge < -0.3 is 10.1 Å². The maximum atomic E-state index is 12.9. The molecule has 2 N–H and O–H groups in total. The van der Waals surface area contributed by atoms with Crippen LogP contribution in [0.5, 0.6) is 5.75 Å². The lowest BCUT2D eigenvalue weighted by molar-refractivity contribution is -0.125. The number of benzene rings is 2. The van der Waals surface area contributed by atoms with E-state index in [2.05, 4.69) is 46.3 Å². The highest BCUT2D eigenvalue weighted by Gasteiger charge is 2.30. The molecule has 0 aliphatic heterocycles. The first-order valence-corrected chi connectivity index (χ1v) is 11.5. The fraction of sp³-hybridized carbons (Fsp3) is 0.435. The monoisotopic (exact) mass is 448 g/mol. The molecule has 170 valence electrons. The minimum absolute atomic E-state index is 0.111. The molecule has 0 saturated heterocycles. The predicted molar refractivity (Wildman–Crippen MR) is 123 cm³/mol. The van der Waals surface area contributed by atoms with Gasteiger partial charge in [-0.3, -0.25) is 13.7 Å². The lowest BCUT2D eigenvalue weighted by atomic mass is 9.83. The van der Waals surface area contributed by atoms with Gasteiger partial charge in [0.25, 0.3) is 0 Å². The molecule has 2 aromatic rings. The van der Waals surface area contributed by atoms with E-state index in [-0.39, 0.29) is 11.6 Å². The van der Waals surface area contributed by atoms with Gasteiger partial charge >= 0.3 is 10.3 Å². The van der Waals surface area contributed by atoms with E-state index in [4.69, 9.17) is 4.74 Å². The second-order valence-electron chi connectivity index (χ2n) is 8.04. The molecule has 0 radical (unpaired) electrons. The highest BCUT2D eigenvalue weighted by Crippen LogP contribution is 2.32. The molecule has 0 unspecified atom stereocenters. The van der Waals surface area contributed by atoms with Gasteiger partial charge in [0.15, 0.2) is 0 Å². The van der Waals surface area contributed by atoms with Crippen molar-refractivity contribution in [2.45, 2.75) is 46.0 Å². The number of ether oxygens (including phenoxy) is 1. The quantitative estimate of drug-likeness (QED) is 0.541. The van der Waals surface area contributed by atoms with Crippen molar-refractivity contribution in [3.8, 4) is 5.75 Å². The van der Waals surface area contributed by atoms with Crippen LogP contribution in [0, 0.1) is 13.8 Å². The van der Waals surface area contributed by atoms with E-state index in [0.717, 1.165) is 20.0 Å². The number of nitrogens with one attached hydrogen (secondary N) is 2. The summed E-state index contributed by atoms with van der Waals surface area (Å²) in [6.45, 7) is 8.40. The maximum absolute atomic E-state index is 12.9. The van der Waals surface area contributed by atoms with Crippen molar-refractivity contribution in [3.05, 3.63) is 58.7 Å². The molecule has 0 heterocycles. The zero-order chi connectivity index (χ0) is 23.2. The van der Waals surface area contributed by atoms with Gasteiger partial charge in [-0.1, -0.05) is 24.3 Å². The summed E-state index contributed by atoms with van der Waals surface area (Å²) in [7, 11) is -1.42. The Bertz CT molecular complexity index is 1030. The van der Waals surface area contributed by atoms with Crippen LogP contribution in [0.4, 0.5) is 5.69 Å². The van der Waals surface area contributed by atoms with E-state index in [1.807, 2.05) is 13.8 Å². The van der Waals surface area contributed by atoms with Crippen LogP contribution in [-0.4, -0.2) is 35.1 Å². The van der Waals surface area contributed by atoms with Crippen LogP contribution in [0.2, 0.25) is 0 Å². The van der Waals surface area contributed by atoms with Crippen molar-refractivity contribution in [3.63, 3.8) is 0 Å². The van der Waals surface area contributed by atoms with Crippen molar-refractivity contribution in [1.29, 1.82) is 0 Å². The Morgan fingerprint density at radius 1 is 1.03 bits per heavy atom. The molecule has 1 amide bonds. The van der Waals surface area contributed by atoms with Gasteiger partial charge in [-0.05, 0) is 74.9 Å². The smallest absolute Gasteiger partial charge is 0.359 e. The largest absolute Gasteiger partial charge is 0.495 e. The standard InChI is InChI=1S/C23H32N2O5S/c1-16-9-10-18(14-17(16)2)8-7-13-24-22(26)23(3,4)19-11-12-20(21(15-19)29-5)25-31(27,28)30-6/h9-12,14-15,25H,7-8,13H2,1-6H3,(H,24,26). The number of carbonyl (C=O) groups excluding carboxylic acids is 1. The number of anilines is 1. The van der Waals surface area contributed by atoms with Crippen LogP contribution in [-0.2, 0) is 31.1 Å². The van der Waals surface area contributed by atoms with E-state index in [0.29, 0.717) is 17.9 Å². The van der Waals surface area contributed by atoms with E-state index in [1.165, 1.54) is 23.8 Å². The molecule has 7 nitrogen and oxygen atoms in total. The van der Waals surface area contributed by atoms with Crippen molar-refractivity contribution in [1.82, 2.24) is 5.32 Å². The van der Waals surface area contributed by atoms with Crippen LogP contribution in [0.3, 0.4) is 0 Å². The van der Waals surface area contributed by atoms with Gasteiger partial charge in [-0.2, -0.15) is 8.42 Å². The minimum Gasteiger partial charge on any atom is -0.495 e. The lowest BCUT2D eigenvalue weighted by Gasteiger charge is -2.25. The molecule has 2 rings (SSSR count). The Balaban J connectivity index is 2.02. The second-order valence-corrected chi connectivity index (χ2v) is 9.49. The Labute approximate surface area is 185 Å². The molecule has 0 aliphatic carbocycles. The minimum atomic E-state index is -3.92. The lowest BCUT2D eigenvalue weighted by Crippen LogP contribution is -2.40. The van der Waals surface area contributed by atoms with E-state index >= 15 is 0 Å². The van der Waals surface area contributed by atoms with Gasteiger partial charge in [-0.15, -0.1) is 0 Å². The maximum Gasteiger partial charge on any atom is 0.359 e. The highest BCUT2D eigenvalue weighted by atomic mass is 32.2. The zero-order valence-corrected chi connectivity index (χ0v) is 19.9. The first-order chi connectivity index (χ1) is 14.5. The van der Waals surface area contributed by atoms with Crippen LogP contribution in [0.1, 0.15) is 42.5 Å². The van der Waals surface area contributed by atoms with Crippen molar-refractivity contribution in [2.24, 2.45) is 0 Å². The van der Waals surface area contributed by atoms with Crippen LogP contribution < -0.4 is 14.8 Å². The first kappa shape index (κ1) is 24.7. The highest BCUT2D eigenvalue weighted by molar-refractivity contribution is 7.88. The predicted octanol–water partition coefficient (Wildman–Crippen LogP) is 3.64. The zero-order valence-electron chi connectivity index (χ0n) is 19.0. The number of hydrogen-bond donors (Lipinski definition) is 2. The fourth-order valence-electron chi connectivity index (χ4n) is 3.15. The average Bonchev–Trinajstić information content (AvgIpc) is 2.73. The molecule has 0 spiro atoms. The van der Waals surface area contributed by atoms with E-state index in [9.17, 15) is 13.2 Å². The molecular weight excluding hydrogens is 416 g/mol. The Kier molecular flexibility index (Phi) is 8.08. The Morgan fingerprint density at radius 2 is 1.74 bits per heavy atom.